The first-order valence-corrected chi connectivity index (χ1v) is 8.90. The van der Waals surface area contributed by atoms with E-state index in [0.29, 0.717) is 10.8 Å². The average molecular weight is 394 g/mol. The van der Waals surface area contributed by atoms with E-state index in [1.54, 1.807) is 54.7 Å². The number of rotatable bonds is 5. The number of nitrogens with one attached hydrogen (secondary N) is 1. The lowest BCUT2D eigenvalue weighted by Gasteiger charge is -2.19. The number of pyridine rings is 1. The number of aromatic nitrogens is 4. The SMILES string of the molecule is Cn1cc(-c2cc(C(=O)NC(c3ccc(Cl)cc3)c3cccnc3)no2)cn1. The van der Waals surface area contributed by atoms with Crippen LogP contribution in [0.15, 0.2) is 71.8 Å². The molecule has 28 heavy (non-hydrogen) atoms. The lowest BCUT2D eigenvalue weighted by molar-refractivity contribution is 0.0934. The fourth-order valence-electron chi connectivity index (χ4n) is 2.83. The van der Waals surface area contributed by atoms with Crippen molar-refractivity contribution in [2.45, 2.75) is 6.04 Å². The Balaban J connectivity index is 1.61. The maximum absolute atomic E-state index is 12.8. The highest BCUT2D eigenvalue weighted by Crippen LogP contribution is 2.24. The van der Waals surface area contributed by atoms with Crippen LogP contribution >= 0.6 is 11.6 Å². The Morgan fingerprint density at radius 3 is 2.68 bits per heavy atom. The molecule has 0 aliphatic heterocycles. The van der Waals surface area contributed by atoms with Gasteiger partial charge in [-0.3, -0.25) is 14.5 Å². The first kappa shape index (κ1) is 17.9. The predicted molar refractivity (Wildman–Crippen MR) is 104 cm³/mol. The second-order valence-corrected chi connectivity index (χ2v) is 6.66. The number of nitrogens with zero attached hydrogens (tertiary/aromatic N) is 4. The van der Waals surface area contributed by atoms with Crippen molar-refractivity contribution in [3.8, 4) is 11.3 Å². The maximum Gasteiger partial charge on any atom is 0.274 e. The summed E-state index contributed by atoms with van der Waals surface area (Å²) in [7, 11) is 1.80. The Morgan fingerprint density at radius 2 is 2.00 bits per heavy atom. The van der Waals surface area contributed by atoms with Crippen molar-refractivity contribution in [2.24, 2.45) is 7.05 Å². The highest BCUT2D eigenvalue weighted by molar-refractivity contribution is 6.30. The van der Waals surface area contributed by atoms with Gasteiger partial charge in [0.1, 0.15) is 0 Å². The Labute approximate surface area is 166 Å². The fraction of sp³-hybridized carbons (Fsp3) is 0.100. The number of hydrogen-bond donors (Lipinski definition) is 1. The third-order valence-corrected chi connectivity index (χ3v) is 4.48. The standard InChI is InChI=1S/C20H16ClN5O2/c1-26-12-15(11-23-26)18-9-17(25-28-18)20(27)24-19(14-3-2-8-22-10-14)13-4-6-16(21)7-5-13/h2-12,19H,1H3,(H,24,27). The van der Waals surface area contributed by atoms with E-state index in [-0.39, 0.29) is 11.6 Å². The van der Waals surface area contributed by atoms with E-state index in [4.69, 9.17) is 16.1 Å². The Bertz CT molecular complexity index is 1090. The Hall–Kier alpha value is -3.45. The van der Waals surface area contributed by atoms with Crippen LogP contribution in [0.5, 0.6) is 0 Å². The number of carbonyl (C=O) groups is 1. The van der Waals surface area contributed by atoms with Gasteiger partial charge < -0.3 is 9.84 Å². The third kappa shape index (κ3) is 3.79. The van der Waals surface area contributed by atoms with Gasteiger partial charge in [-0.1, -0.05) is 35.0 Å². The lowest BCUT2D eigenvalue weighted by atomic mass is 10.00. The van der Waals surface area contributed by atoms with Crippen LogP contribution in [-0.2, 0) is 7.05 Å². The zero-order valence-electron chi connectivity index (χ0n) is 14.9. The minimum absolute atomic E-state index is 0.182. The minimum atomic E-state index is -0.406. The number of halogens is 1. The molecule has 0 saturated heterocycles. The molecule has 4 rings (SSSR count). The zero-order valence-corrected chi connectivity index (χ0v) is 15.7. The predicted octanol–water partition coefficient (Wildman–Crippen LogP) is 3.64. The van der Waals surface area contributed by atoms with Crippen molar-refractivity contribution in [3.63, 3.8) is 0 Å². The molecule has 0 aliphatic carbocycles. The van der Waals surface area contributed by atoms with Crippen molar-refractivity contribution < 1.29 is 9.32 Å². The molecule has 0 fully saturated rings. The molecule has 0 radical (unpaired) electrons. The maximum atomic E-state index is 12.8. The summed E-state index contributed by atoms with van der Waals surface area (Å²) < 4.78 is 6.95. The average Bonchev–Trinajstić information content (AvgIpc) is 3.37. The molecule has 0 bridgehead atoms. The molecule has 1 aromatic carbocycles. The van der Waals surface area contributed by atoms with Crippen molar-refractivity contribution in [1.82, 2.24) is 25.2 Å². The van der Waals surface area contributed by atoms with Gasteiger partial charge in [-0.15, -0.1) is 0 Å². The first-order chi connectivity index (χ1) is 13.6. The van der Waals surface area contributed by atoms with Crippen LogP contribution < -0.4 is 5.32 Å². The highest BCUT2D eigenvalue weighted by Gasteiger charge is 2.21. The van der Waals surface area contributed by atoms with Crippen LogP contribution in [0.4, 0.5) is 0 Å². The van der Waals surface area contributed by atoms with E-state index < -0.39 is 6.04 Å². The molecule has 0 aliphatic rings. The largest absolute Gasteiger partial charge is 0.355 e. The van der Waals surface area contributed by atoms with Gasteiger partial charge in [-0.25, -0.2) is 0 Å². The van der Waals surface area contributed by atoms with Crippen LogP contribution in [0.2, 0.25) is 5.02 Å². The summed E-state index contributed by atoms with van der Waals surface area (Å²) >= 11 is 6.00. The summed E-state index contributed by atoms with van der Waals surface area (Å²) in [6.07, 6.45) is 6.83. The molecule has 4 aromatic rings. The van der Waals surface area contributed by atoms with Crippen molar-refractivity contribution >= 4 is 17.5 Å². The van der Waals surface area contributed by atoms with Gasteiger partial charge in [-0.2, -0.15) is 5.10 Å². The molecule has 8 heteroatoms. The molecule has 1 amide bonds. The number of amides is 1. The van der Waals surface area contributed by atoms with E-state index in [1.165, 1.54) is 0 Å². The fourth-order valence-corrected chi connectivity index (χ4v) is 2.96. The number of carbonyl (C=O) groups excluding carboxylic acids is 1. The quantitative estimate of drug-likeness (QED) is 0.559. The van der Waals surface area contributed by atoms with Gasteiger partial charge in [0.2, 0.25) is 0 Å². The molecular weight excluding hydrogens is 378 g/mol. The molecule has 1 atom stereocenters. The van der Waals surface area contributed by atoms with Crippen LogP contribution in [0.3, 0.4) is 0 Å². The molecule has 3 heterocycles. The molecule has 1 unspecified atom stereocenters. The molecular formula is C20H16ClN5O2. The van der Waals surface area contributed by atoms with Crippen LogP contribution in [0, 0.1) is 0 Å². The Morgan fingerprint density at radius 1 is 1.18 bits per heavy atom. The summed E-state index contributed by atoms with van der Waals surface area (Å²) in [5, 5.41) is 11.6. The van der Waals surface area contributed by atoms with Crippen molar-refractivity contribution in [2.75, 3.05) is 0 Å². The highest BCUT2D eigenvalue weighted by atomic mass is 35.5. The second-order valence-electron chi connectivity index (χ2n) is 6.22. The number of aryl methyl sites for hydroxylation is 1. The summed E-state index contributed by atoms with van der Waals surface area (Å²) in [6.45, 7) is 0. The second kappa shape index (κ2) is 7.66. The normalized spacial score (nSPS) is 11.9. The molecule has 0 saturated carbocycles. The topological polar surface area (TPSA) is 85.8 Å². The number of hydrogen-bond acceptors (Lipinski definition) is 5. The van der Waals surface area contributed by atoms with Gasteiger partial charge in [-0.05, 0) is 29.3 Å². The van der Waals surface area contributed by atoms with Crippen LogP contribution in [0.1, 0.15) is 27.7 Å². The van der Waals surface area contributed by atoms with E-state index in [9.17, 15) is 4.79 Å². The first-order valence-electron chi connectivity index (χ1n) is 8.52. The van der Waals surface area contributed by atoms with Gasteiger partial charge in [0.15, 0.2) is 11.5 Å². The summed E-state index contributed by atoms with van der Waals surface area (Å²) in [4.78, 5) is 17.0. The van der Waals surface area contributed by atoms with Crippen molar-refractivity contribution in [1.29, 1.82) is 0 Å². The van der Waals surface area contributed by atoms with E-state index in [0.717, 1.165) is 16.7 Å². The van der Waals surface area contributed by atoms with E-state index in [1.807, 2.05) is 24.3 Å². The summed E-state index contributed by atoms with van der Waals surface area (Å²) in [5.41, 5.74) is 2.65. The third-order valence-electron chi connectivity index (χ3n) is 4.23. The molecule has 3 aromatic heterocycles. The minimum Gasteiger partial charge on any atom is -0.355 e. The lowest BCUT2D eigenvalue weighted by Crippen LogP contribution is -2.29. The van der Waals surface area contributed by atoms with Gasteiger partial charge in [0.25, 0.3) is 5.91 Å². The summed E-state index contributed by atoms with van der Waals surface area (Å²) in [5.74, 6) is 0.116. The van der Waals surface area contributed by atoms with Crippen LogP contribution in [-0.4, -0.2) is 25.8 Å². The smallest absolute Gasteiger partial charge is 0.274 e. The summed E-state index contributed by atoms with van der Waals surface area (Å²) in [6, 6.07) is 12.2. The molecule has 7 nitrogen and oxygen atoms in total. The monoisotopic (exact) mass is 393 g/mol. The van der Waals surface area contributed by atoms with Crippen molar-refractivity contribution in [3.05, 3.63) is 89.1 Å². The van der Waals surface area contributed by atoms with E-state index >= 15 is 0 Å². The number of benzene rings is 1. The zero-order chi connectivity index (χ0) is 19.5. The van der Waals surface area contributed by atoms with Gasteiger partial charge in [0.05, 0.1) is 17.8 Å². The van der Waals surface area contributed by atoms with Gasteiger partial charge in [0, 0.05) is 36.7 Å². The van der Waals surface area contributed by atoms with E-state index in [2.05, 4.69) is 20.6 Å². The molecule has 0 spiro atoms. The van der Waals surface area contributed by atoms with Crippen LogP contribution in [0.25, 0.3) is 11.3 Å². The molecule has 140 valence electrons. The van der Waals surface area contributed by atoms with Gasteiger partial charge >= 0.3 is 0 Å². The molecule has 1 N–H and O–H groups in total. The Kier molecular flexibility index (Phi) is 4.90.